The lowest BCUT2D eigenvalue weighted by Gasteiger charge is -2.15. The molecule has 2 heterocycles. The molecule has 4 nitrogen and oxygen atoms in total. The molecule has 0 atom stereocenters. The second kappa shape index (κ2) is 7.97. The third-order valence-electron chi connectivity index (χ3n) is 4.59. The standard InChI is InChI=1S/C22H16F2N2O2S/c23-16-9-8-15(13-17(16)24)25-20-19(18-7-4-12-29-18)21(27)26(22(20)28)11-10-14-5-2-1-3-6-14/h1-9,12-13,25H,10-11H2. The van der Waals surface area contributed by atoms with E-state index in [0.717, 1.165) is 17.7 Å². The first kappa shape index (κ1) is 19.0. The van der Waals surface area contributed by atoms with Crippen LogP contribution in [0, 0.1) is 11.6 Å². The highest BCUT2D eigenvalue weighted by molar-refractivity contribution is 7.11. The summed E-state index contributed by atoms with van der Waals surface area (Å²) in [6.07, 6.45) is 0.522. The molecule has 0 aliphatic carbocycles. The van der Waals surface area contributed by atoms with Gasteiger partial charge in [0.1, 0.15) is 5.70 Å². The van der Waals surface area contributed by atoms with Crippen molar-refractivity contribution in [1.29, 1.82) is 0 Å². The van der Waals surface area contributed by atoms with Crippen LogP contribution in [0.1, 0.15) is 10.4 Å². The Morgan fingerprint density at radius 3 is 2.38 bits per heavy atom. The van der Waals surface area contributed by atoms with Crippen LogP contribution in [0.3, 0.4) is 0 Å². The van der Waals surface area contributed by atoms with Gasteiger partial charge in [-0.2, -0.15) is 0 Å². The number of halogens is 2. The molecule has 1 N–H and O–H groups in total. The third-order valence-corrected chi connectivity index (χ3v) is 5.48. The van der Waals surface area contributed by atoms with Gasteiger partial charge in [-0.05, 0) is 35.6 Å². The lowest BCUT2D eigenvalue weighted by Crippen LogP contribution is -2.34. The number of rotatable bonds is 6. The van der Waals surface area contributed by atoms with Gasteiger partial charge < -0.3 is 5.32 Å². The van der Waals surface area contributed by atoms with Crippen LogP contribution in [0.4, 0.5) is 14.5 Å². The van der Waals surface area contributed by atoms with Crippen molar-refractivity contribution in [2.75, 3.05) is 11.9 Å². The van der Waals surface area contributed by atoms with Gasteiger partial charge in [0, 0.05) is 23.2 Å². The number of carbonyl (C=O) groups is 2. The summed E-state index contributed by atoms with van der Waals surface area (Å²) in [5, 5.41) is 4.63. The van der Waals surface area contributed by atoms with Crippen molar-refractivity contribution in [1.82, 2.24) is 4.90 Å². The number of nitrogens with zero attached hydrogens (tertiary/aromatic N) is 1. The summed E-state index contributed by atoms with van der Waals surface area (Å²) in [5.41, 5.74) is 1.51. The smallest absolute Gasteiger partial charge is 0.278 e. The maximum absolute atomic E-state index is 13.6. The quantitative estimate of drug-likeness (QED) is 0.611. The second-order valence-electron chi connectivity index (χ2n) is 6.48. The molecule has 3 aromatic rings. The number of thiophene rings is 1. The predicted octanol–water partition coefficient (Wildman–Crippen LogP) is 4.46. The van der Waals surface area contributed by atoms with E-state index in [1.807, 2.05) is 35.7 Å². The maximum atomic E-state index is 13.6. The topological polar surface area (TPSA) is 49.4 Å². The molecular weight excluding hydrogens is 394 g/mol. The van der Waals surface area contributed by atoms with Crippen LogP contribution in [-0.4, -0.2) is 23.3 Å². The Kier molecular flexibility index (Phi) is 5.22. The lowest BCUT2D eigenvalue weighted by atomic mass is 10.1. The van der Waals surface area contributed by atoms with Crippen molar-refractivity contribution in [3.8, 4) is 0 Å². The molecule has 2 aromatic carbocycles. The Morgan fingerprint density at radius 2 is 1.69 bits per heavy atom. The van der Waals surface area contributed by atoms with E-state index in [1.54, 1.807) is 12.1 Å². The Bertz CT molecular complexity index is 1100. The molecule has 146 valence electrons. The molecule has 1 aliphatic heterocycles. The third kappa shape index (κ3) is 3.82. The monoisotopic (exact) mass is 410 g/mol. The Balaban J connectivity index is 1.64. The van der Waals surface area contributed by atoms with Crippen LogP contribution in [0.25, 0.3) is 5.57 Å². The van der Waals surface area contributed by atoms with E-state index in [0.29, 0.717) is 11.3 Å². The minimum Gasteiger partial charge on any atom is -0.350 e. The van der Waals surface area contributed by atoms with Crippen molar-refractivity contribution in [2.45, 2.75) is 6.42 Å². The molecule has 1 aromatic heterocycles. The Morgan fingerprint density at radius 1 is 0.897 bits per heavy atom. The summed E-state index contributed by atoms with van der Waals surface area (Å²) >= 11 is 1.33. The number of benzene rings is 2. The highest BCUT2D eigenvalue weighted by atomic mass is 32.1. The number of nitrogens with one attached hydrogen (secondary N) is 1. The van der Waals surface area contributed by atoms with Crippen molar-refractivity contribution < 1.29 is 18.4 Å². The fourth-order valence-corrected chi connectivity index (χ4v) is 3.92. The molecule has 4 rings (SSSR count). The normalized spacial score (nSPS) is 14.1. The average molecular weight is 410 g/mol. The Labute approximate surface area is 170 Å². The molecule has 0 saturated heterocycles. The van der Waals surface area contributed by atoms with Gasteiger partial charge in [-0.3, -0.25) is 14.5 Å². The zero-order chi connectivity index (χ0) is 20.4. The first-order chi connectivity index (χ1) is 14.0. The number of hydrogen-bond donors (Lipinski definition) is 1. The highest BCUT2D eigenvalue weighted by Gasteiger charge is 2.39. The zero-order valence-electron chi connectivity index (χ0n) is 15.2. The van der Waals surface area contributed by atoms with Gasteiger partial charge in [-0.25, -0.2) is 8.78 Å². The maximum Gasteiger partial charge on any atom is 0.278 e. The van der Waals surface area contributed by atoms with Crippen molar-refractivity contribution in [3.05, 3.63) is 93.8 Å². The van der Waals surface area contributed by atoms with Crippen molar-refractivity contribution >= 4 is 34.4 Å². The lowest BCUT2D eigenvalue weighted by molar-refractivity contribution is -0.136. The second-order valence-corrected chi connectivity index (χ2v) is 7.43. The van der Waals surface area contributed by atoms with Gasteiger partial charge in [-0.15, -0.1) is 11.3 Å². The molecule has 29 heavy (non-hydrogen) atoms. The van der Waals surface area contributed by atoms with Crippen LogP contribution < -0.4 is 5.32 Å². The molecule has 0 radical (unpaired) electrons. The van der Waals surface area contributed by atoms with E-state index in [2.05, 4.69) is 5.32 Å². The summed E-state index contributed by atoms with van der Waals surface area (Å²) in [4.78, 5) is 27.9. The molecule has 0 saturated carbocycles. The van der Waals surface area contributed by atoms with Gasteiger partial charge in [0.05, 0.1) is 5.57 Å². The van der Waals surface area contributed by atoms with Crippen LogP contribution in [0.2, 0.25) is 0 Å². The SMILES string of the molecule is O=C1C(Nc2ccc(F)c(F)c2)=C(c2cccs2)C(=O)N1CCc1ccccc1. The first-order valence-electron chi connectivity index (χ1n) is 8.95. The first-order valence-corrected chi connectivity index (χ1v) is 9.83. The van der Waals surface area contributed by atoms with E-state index >= 15 is 0 Å². The summed E-state index contributed by atoms with van der Waals surface area (Å²) < 4.78 is 26.8. The van der Waals surface area contributed by atoms with E-state index in [4.69, 9.17) is 0 Å². The average Bonchev–Trinajstić information content (AvgIpc) is 3.32. The molecule has 2 amide bonds. The van der Waals surface area contributed by atoms with Crippen molar-refractivity contribution in [2.24, 2.45) is 0 Å². The van der Waals surface area contributed by atoms with E-state index < -0.39 is 23.4 Å². The fraction of sp³-hybridized carbons (Fsp3) is 0.0909. The van der Waals surface area contributed by atoms with Gasteiger partial charge in [0.2, 0.25) is 0 Å². The van der Waals surface area contributed by atoms with Gasteiger partial charge >= 0.3 is 0 Å². The van der Waals surface area contributed by atoms with E-state index in [9.17, 15) is 18.4 Å². The largest absolute Gasteiger partial charge is 0.350 e. The molecule has 0 fully saturated rings. The molecule has 0 spiro atoms. The minimum absolute atomic E-state index is 0.0662. The van der Waals surface area contributed by atoms with Gasteiger partial charge in [0.15, 0.2) is 11.6 Å². The molecule has 0 bridgehead atoms. The summed E-state index contributed by atoms with van der Waals surface area (Å²) in [6, 6.07) is 16.3. The van der Waals surface area contributed by atoms with Crippen molar-refractivity contribution in [3.63, 3.8) is 0 Å². The van der Waals surface area contributed by atoms with Gasteiger partial charge in [-0.1, -0.05) is 36.4 Å². The van der Waals surface area contributed by atoms with Crippen LogP contribution >= 0.6 is 11.3 Å². The number of amides is 2. The van der Waals surface area contributed by atoms with E-state index in [-0.39, 0.29) is 23.5 Å². The zero-order valence-corrected chi connectivity index (χ0v) is 16.0. The van der Waals surface area contributed by atoms with Crippen LogP contribution in [0.15, 0.2) is 71.7 Å². The number of carbonyl (C=O) groups excluding carboxylic acids is 2. The molecule has 0 unspecified atom stereocenters. The van der Waals surface area contributed by atoms with Crippen LogP contribution in [0.5, 0.6) is 0 Å². The molecule has 1 aliphatic rings. The molecular formula is C22H16F2N2O2S. The predicted molar refractivity (Wildman–Crippen MR) is 108 cm³/mol. The number of hydrogen-bond acceptors (Lipinski definition) is 4. The Hall–Kier alpha value is -3.32. The highest BCUT2D eigenvalue weighted by Crippen LogP contribution is 2.33. The summed E-state index contributed by atoms with van der Waals surface area (Å²) in [5.74, 6) is -2.91. The fourth-order valence-electron chi connectivity index (χ4n) is 3.15. The minimum atomic E-state index is -1.04. The summed E-state index contributed by atoms with van der Waals surface area (Å²) in [6.45, 7) is 0.222. The van der Waals surface area contributed by atoms with Crippen LogP contribution in [-0.2, 0) is 16.0 Å². The molecule has 7 heteroatoms. The van der Waals surface area contributed by atoms with E-state index in [1.165, 1.54) is 22.3 Å². The number of imide groups is 1. The van der Waals surface area contributed by atoms with Gasteiger partial charge in [0.25, 0.3) is 11.8 Å². The number of anilines is 1. The summed E-state index contributed by atoms with van der Waals surface area (Å²) in [7, 11) is 0.